The van der Waals surface area contributed by atoms with Crippen molar-refractivity contribution >= 4 is 11.6 Å². The Morgan fingerprint density at radius 2 is 2.19 bits per heavy atom. The average Bonchev–Trinajstić information content (AvgIpc) is 2.70. The number of hydrogen-bond donors (Lipinski definition) is 1. The van der Waals surface area contributed by atoms with Crippen molar-refractivity contribution in [2.75, 3.05) is 0 Å². The predicted octanol–water partition coefficient (Wildman–Crippen LogP) is 3.48. The average molecular weight is 236 g/mol. The maximum absolute atomic E-state index is 6.16. The number of benzene rings is 1. The molecule has 0 aliphatic rings. The monoisotopic (exact) mass is 235 g/mol. The van der Waals surface area contributed by atoms with Gasteiger partial charge in [-0.15, -0.1) is 0 Å². The van der Waals surface area contributed by atoms with E-state index in [2.05, 4.69) is 0 Å². The lowest BCUT2D eigenvalue weighted by Crippen LogP contribution is -2.13. The Kier molecular flexibility index (Phi) is 3.32. The molecule has 0 amide bonds. The molecule has 0 aliphatic heterocycles. The molecule has 0 spiro atoms. The fraction of sp³-hybridized carbons (Fsp3) is 0.231. The first-order chi connectivity index (χ1) is 7.66. The highest BCUT2D eigenvalue weighted by Gasteiger charge is 2.11. The maximum atomic E-state index is 6.16. The van der Waals surface area contributed by atoms with Crippen LogP contribution in [0.3, 0.4) is 0 Å². The third-order valence-electron chi connectivity index (χ3n) is 2.59. The lowest BCUT2D eigenvalue weighted by Gasteiger charge is -2.13. The van der Waals surface area contributed by atoms with Crippen LogP contribution in [0.4, 0.5) is 0 Å². The Morgan fingerprint density at radius 1 is 1.38 bits per heavy atom. The van der Waals surface area contributed by atoms with Gasteiger partial charge in [-0.05, 0) is 42.2 Å². The minimum atomic E-state index is -0.0919. The standard InChI is InChI=1S/C13H14ClNO/c1-9-2-3-11(12(14)6-9)13(15)7-10-4-5-16-8-10/h2-6,8,13H,7,15H2,1H3. The van der Waals surface area contributed by atoms with Crippen LogP contribution in [0.15, 0.2) is 41.2 Å². The van der Waals surface area contributed by atoms with Gasteiger partial charge < -0.3 is 10.2 Å². The second kappa shape index (κ2) is 4.73. The van der Waals surface area contributed by atoms with Gasteiger partial charge in [0.15, 0.2) is 0 Å². The molecule has 84 valence electrons. The highest BCUT2D eigenvalue weighted by Crippen LogP contribution is 2.25. The molecule has 3 heteroatoms. The van der Waals surface area contributed by atoms with E-state index in [1.807, 2.05) is 31.2 Å². The molecule has 2 nitrogen and oxygen atoms in total. The first-order valence-electron chi connectivity index (χ1n) is 5.19. The smallest absolute Gasteiger partial charge is 0.0935 e. The molecule has 0 bridgehead atoms. The zero-order chi connectivity index (χ0) is 11.5. The van der Waals surface area contributed by atoms with Crippen LogP contribution >= 0.6 is 11.6 Å². The van der Waals surface area contributed by atoms with Crippen molar-refractivity contribution in [3.63, 3.8) is 0 Å². The summed E-state index contributed by atoms with van der Waals surface area (Å²) >= 11 is 6.16. The van der Waals surface area contributed by atoms with Gasteiger partial charge in [0.25, 0.3) is 0 Å². The molecule has 0 fully saturated rings. The van der Waals surface area contributed by atoms with E-state index >= 15 is 0 Å². The van der Waals surface area contributed by atoms with E-state index < -0.39 is 0 Å². The van der Waals surface area contributed by atoms with Crippen molar-refractivity contribution in [1.29, 1.82) is 0 Å². The SMILES string of the molecule is Cc1ccc(C(N)Cc2ccoc2)c(Cl)c1. The first-order valence-corrected chi connectivity index (χ1v) is 5.57. The number of furan rings is 1. The summed E-state index contributed by atoms with van der Waals surface area (Å²) in [5.74, 6) is 0. The van der Waals surface area contributed by atoms with E-state index in [1.165, 1.54) is 0 Å². The number of rotatable bonds is 3. The first kappa shape index (κ1) is 11.2. The zero-order valence-corrected chi connectivity index (χ0v) is 9.87. The van der Waals surface area contributed by atoms with Crippen molar-refractivity contribution < 1.29 is 4.42 Å². The van der Waals surface area contributed by atoms with Gasteiger partial charge >= 0.3 is 0 Å². The summed E-state index contributed by atoms with van der Waals surface area (Å²) in [5.41, 5.74) is 9.32. The molecule has 1 aromatic heterocycles. The van der Waals surface area contributed by atoms with Gasteiger partial charge in [-0.1, -0.05) is 23.7 Å². The van der Waals surface area contributed by atoms with Crippen LogP contribution in [-0.4, -0.2) is 0 Å². The molecule has 0 saturated carbocycles. The Morgan fingerprint density at radius 3 is 2.81 bits per heavy atom. The summed E-state index contributed by atoms with van der Waals surface area (Å²) in [6, 6.07) is 7.78. The molecule has 1 aromatic carbocycles. The Balaban J connectivity index is 2.17. The highest BCUT2D eigenvalue weighted by atomic mass is 35.5. The summed E-state index contributed by atoms with van der Waals surface area (Å²) in [4.78, 5) is 0. The number of halogens is 1. The summed E-state index contributed by atoms with van der Waals surface area (Å²) in [6.45, 7) is 2.01. The molecule has 1 atom stereocenters. The van der Waals surface area contributed by atoms with Crippen LogP contribution in [0.2, 0.25) is 5.02 Å². The van der Waals surface area contributed by atoms with E-state index in [4.69, 9.17) is 21.8 Å². The van der Waals surface area contributed by atoms with Crippen LogP contribution in [0, 0.1) is 6.92 Å². The summed E-state index contributed by atoms with van der Waals surface area (Å²) < 4.78 is 5.01. The molecular formula is C13H14ClNO. The van der Waals surface area contributed by atoms with Crippen LogP contribution < -0.4 is 5.73 Å². The molecule has 1 heterocycles. The summed E-state index contributed by atoms with van der Waals surface area (Å²) in [6.07, 6.45) is 4.10. The molecule has 0 saturated heterocycles. The van der Waals surface area contributed by atoms with Gasteiger partial charge in [-0.3, -0.25) is 0 Å². The topological polar surface area (TPSA) is 39.2 Å². The minimum absolute atomic E-state index is 0.0919. The molecule has 2 aromatic rings. The highest BCUT2D eigenvalue weighted by molar-refractivity contribution is 6.31. The minimum Gasteiger partial charge on any atom is -0.472 e. The van der Waals surface area contributed by atoms with Crippen molar-refractivity contribution in [3.05, 3.63) is 58.5 Å². The van der Waals surface area contributed by atoms with E-state index in [9.17, 15) is 0 Å². The van der Waals surface area contributed by atoms with E-state index in [1.54, 1.807) is 12.5 Å². The summed E-state index contributed by atoms with van der Waals surface area (Å²) in [5, 5.41) is 0.732. The Labute approximate surface area is 100 Å². The van der Waals surface area contributed by atoms with E-state index in [0.29, 0.717) is 0 Å². The summed E-state index contributed by atoms with van der Waals surface area (Å²) in [7, 11) is 0. The number of aryl methyl sites for hydroxylation is 1. The van der Waals surface area contributed by atoms with E-state index in [-0.39, 0.29) is 6.04 Å². The van der Waals surface area contributed by atoms with Gasteiger partial charge in [0.1, 0.15) is 0 Å². The van der Waals surface area contributed by atoms with Gasteiger partial charge in [0.2, 0.25) is 0 Å². The third kappa shape index (κ3) is 2.46. The third-order valence-corrected chi connectivity index (χ3v) is 2.92. The van der Waals surface area contributed by atoms with Crippen LogP contribution in [0.5, 0.6) is 0 Å². The van der Waals surface area contributed by atoms with Crippen molar-refractivity contribution in [3.8, 4) is 0 Å². The normalized spacial score (nSPS) is 12.7. The van der Waals surface area contributed by atoms with Crippen molar-refractivity contribution in [1.82, 2.24) is 0 Å². The zero-order valence-electron chi connectivity index (χ0n) is 9.11. The Bertz CT molecular complexity index is 465. The fourth-order valence-electron chi connectivity index (χ4n) is 1.71. The predicted molar refractivity (Wildman–Crippen MR) is 65.5 cm³/mol. The van der Waals surface area contributed by atoms with Crippen molar-refractivity contribution in [2.45, 2.75) is 19.4 Å². The lowest BCUT2D eigenvalue weighted by atomic mass is 10.0. The van der Waals surface area contributed by atoms with Gasteiger partial charge in [-0.2, -0.15) is 0 Å². The molecule has 2 rings (SSSR count). The number of nitrogens with two attached hydrogens (primary N) is 1. The second-order valence-corrected chi connectivity index (χ2v) is 4.37. The molecule has 0 aliphatic carbocycles. The molecule has 1 unspecified atom stereocenters. The second-order valence-electron chi connectivity index (χ2n) is 3.97. The molecule has 16 heavy (non-hydrogen) atoms. The number of hydrogen-bond acceptors (Lipinski definition) is 2. The van der Waals surface area contributed by atoms with E-state index in [0.717, 1.165) is 28.1 Å². The van der Waals surface area contributed by atoms with Crippen molar-refractivity contribution in [2.24, 2.45) is 5.73 Å². The largest absolute Gasteiger partial charge is 0.472 e. The quantitative estimate of drug-likeness (QED) is 0.885. The van der Waals surface area contributed by atoms with Crippen LogP contribution in [-0.2, 0) is 6.42 Å². The fourth-order valence-corrected chi connectivity index (χ4v) is 2.08. The lowest BCUT2D eigenvalue weighted by molar-refractivity contribution is 0.561. The van der Waals surface area contributed by atoms with Gasteiger partial charge in [-0.25, -0.2) is 0 Å². The van der Waals surface area contributed by atoms with Crippen LogP contribution in [0.25, 0.3) is 0 Å². The maximum Gasteiger partial charge on any atom is 0.0935 e. The molecular weight excluding hydrogens is 222 g/mol. The van der Waals surface area contributed by atoms with Gasteiger partial charge in [0, 0.05) is 11.1 Å². The van der Waals surface area contributed by atoms with Crippen LogP contribution in [0.1, 0.15) is 22.7 Å². The van der Waals surface area contributed by atoms with Gasteiger partial charge in [0.05, 0.1) is 12.5 Å². The molecule has 0 radical (unpaired) electrons. The Hall–Kier alpha value is -1.25. The molecule has 2 N–H and O–H groups in total.